The van der Waals surface area contributed by atoms with Crippen molar-refractivity contribution in [2.45, 2.75) is 13.5 Å². The lowest BCUT2D eigenvalue weighted by Crippen LogP contribution is -1.97. The highest BCUT2D eigenvalue weighted by Crippen LogP contribution is 2.21. The third kappa shape index (κ3) is 3.12. The topological polar surface area (TPSA) is 33.0 Å². The molecule has 0 fully saturated rings. The van der Waals surface area contributed by atoms with Crippen molar-refractivity contribution in [3.63, 3.8) is 0 Å². The lowest BCUT2D eigenvalue weighted by molar-refractivity contribution is 0.305. The van der Waals surface area contributed by atoms with Crippen LogP contribution in [0, 0.1) is 18.3 Å². The Balaban J connectivity index is 2.15. The van der Waals surface area contributed by atoms with Gasteiger partial charge in [-0.15, -0.1) is 0 Å². The molecule has 0 aromatic heterocycles. The van der Waals surface area contributed by atoms with E-state index in [1.54, 1.807) is 6.07 Å². The molecule has 0 unspecified atom stereocenters. The van der Waals surface area contributed by atoms with E-state index in [0.29, 0.717) is 17.9 Å². The quantitative estimate of drug-likeness (QED) is 0.851. The van der Waals surface area contributed by atoms with Gasteiger partial charge in [-0.25, -0.2) is 0 Å². The van der Waals surface area contributed by atoms with E-state index in [0.717, 1.165) is 15.6 Å². The summed E-state index contributed by atoms with van der Waals surface area (Å²) < 4.78 is 6.73. The molecule has 0 radical (unpaired) electrons. The van der Waals surface area contributed by atoms with Crippen LogP contribution in [0.2, 0.25) is 0 Å². The summed E-state index contributed by atoms with van der Waals surface area (Å²) in [4.78, 5) is 0. The molecule has 0 aliphatic carbocycles. The molecule has 0 saturated carbocycles. The summed E-state index contributed by atoms with van der Waals surface area (Å²) in [6.07, 6.45) is 0. The predicted molar refractivity (Wildman–Crippen MR) is 74.4 cm³/mol. The molecule has 0 N–H and O–H groups in total. The van der Waals surface area contributed by atoms with E-state index < -0.39 is 0 Å². The zero-order valence-corrected chi connectivity index (χ0v) is 11.6. The fourth-order valence-electron chi connectivity index (χ4n) is 1.63. The molecule has 0 spiro atoms. The molecule has 90 valence electrons. The Morgan fingerprint density at radius 2 is 2.06 bits per heavy atom. The Bertz CT molecular complexity index is 602. The van der Waals surface area contributed by atoms with Crippen molar-refractivity contribution in [3.8, 4) is 11.8 Å². The van der Waals surface area contributed by atoms with Crippen molar-refractivity contribution in [2.75, 3.05) is 0 Å². The zero-order chi connectivity index (χ0) is 13.0. The Labute approximate surface area is 115 Å². The molecular formula is C15H12BrNO. The fraction of sp³-hybridized carbons (Fsp3) is 0.133. The third-order valence-electron chi connectivity index (χ3n) is 2.54. The van der Waals surface area contributed by atoms with Crippen molar-refractivity contribution in [3.05, 3.63) is 63.6 Å². The number of hydrogen-bond donors (Lipinski definition) is 0. The highest BCUT2D eigenvalue weighted by atomic mass is 79.9. The maximum Gasteiger partial charge on any atom is 0.137 e. The SMILES string of the molecule is Cc1ccc(C#N)c(OCc2cccc(Br)c2)c1. The number of ether oxygens (including phenoxy) is 1. The first kappa shape index (κ1) is 12.7. The molecule has 0 aliphatic heterocycles. The van der Waals surface area contributed by atoms with Gasteiger partial charge in [-0.05, 0) is 42.3 Å². The van der Waals surface area contributed by atoms with Crippen LogP contribution in [-0.4, -0.2) is 0 Å². The van der Waals surface area contributed by atoms with Gasteiger partial charge in [0.15, 0.2) is 0 Å². The van der Waals surface area contributed by atoms with Crippen LogP contribution in [0.1, 0.15) is 16.7 Å². The second kappa shape index (κ2) is 5.70. The number of halogens is 1. The molecule has 0 aliphatic rings. The van der Waals surface area contributed by atoms with Gasteiger partial charge >= 0.3 is 0 Å². The van der Waals surface area contributed by atoms with Crippen LogP contribution in [0.3, 0.4) is 0 Å². The van der Waals surface area contributed by atoms with Crippen LogP contribution in [-0.2, 0) is 6.61 Å². The van der Waals surface area contributed by atoms with Crippen molar-refractivity contribution in [1.29, 1.82) is 5.26 Å². The van der Waals surface area contributed by atoms with Crippen LogP contribution < -0.4 is 4.74 Å². The van der Waals surface area contributed by atoms with Gasteiger partial charge < -0.3 is 4.74 Å². The molecular weight excluding hydrogens is 290 g/mol. The minimum absolute atomic E-state index is 0.456. The monoisotopic (exact) mass is 301 g/mol. The first-order valence-electron chi connectivity index (χ1n) is 5.57. The molecule has 2 aromatic carbocycles. The van der Waals surface area contributed by atoms with Gasteiger partial charge in [-0.2, -0.15) is 5.26 Å². The summed E-state index contributed by atoms with van der Waals surface area (Å²) >= 11 is 3.42. The summed E-state index contributed by atoms with van der Waals surface area (Å²) in [6, 6.07) is 15.6. The fourth-order valence-corrected chi connectivity index (χ4v) is 2.08. The second-order valence-electron chi connectivity index (χ2n) is 4.03. The zero-order valence-electron chi connectivity index (χ0n) is 9.98. The molecule has 2 aromatic rings. The van der Waals surface area contributed by atoms with Crippen molar-refractivity contribution in [1.82, 2.24) is 0 Å². The summed E-state index contributed by atoms with van der Waals surface area (Å²) in [5.41, 5.74) is 2.71. The van der Waals surface area contributed by atoms with Gasteiger partial charge in [0.1, 0.15) is 18.4 Å². The average Bonchev–Trinajstić information content (AvgIpc) is 2.37. The third-order valence-corrected chi connectivity index (χ3v) is 3.03. The van der Waals surface area contributed by atoms with Crippen LogP contribution in [0.5, 0.6) is 5.75 Å². The van der Waals surface area contributed by atoms with Crippen LogP contribution in [0.25, 0.3) is 0 Å². The molecule has 0 atom stereocenters. The van der Waals surface area contributed by atoms with Crippen molar-refractivity contribution >= 4 is 15.9 Å². The Morgan fingerprint density at radius 3 is 2.78 bits per heavy atom. The van der Waals surface area contributed by atoms with E-state index in [9.17, 15) is 0 Å². The molecule has 0 amide bonds. The highest BCUT2D eigenvalue weighted by Gasteiger charge is 2.04. The van der Waals surface area contributed by atoms with Crippen LogP contribution in [0.15, 0.2) is 46.9 Å². The number of nitriles is 1. The molecule has 0 heterocycles. The second-order valence-corrected chi connectivity index (χ2v) is 4.95. The van der Waals surface area contributed by atoms with Crippen LogP contribution >= 0.6 is 15.9 Å². The van der Waals surface area contributed by atoms with Crippen molar-refractivity contribution < 1.29 is 4.74 Å². The van der Waals surface area contributed by atoms with E-state index in [2.05, 4.69) is 22.0 Å². The minimum atomic E-state index is 0.456. The maximum absolute atomic E-state index is 9.01. The van der Waals surface area contributed by atoms with E-state index in [1.165, 1.54) is 0 Å². The van der Waals surface area contributed by atoms with Gasteiger partial charge in [0.05, 0.1) is 5.56 Å². The standard InChI is InChI=1S/C15H12BrNO/c1-11-5-6-13(9-17)15(7-11)18-10-12-3-2-4-14(16)8-12/h2-8H,10H2,1H3. The minimum Gasteiger partial charge on any atom is -0.488 e. The first-order valence-corrected chi connectivity index (χ1v) is 6.36. The normalized spacial score (nSPS) is 9.83. The van der Waals surface area contributed by atoms with Gasteiger partial charge in [0, 0.05) is 4.47 Å². The Kier molecular flexibility index (Phi) is 4.01. The maximum atomic E-state index is 9.01. The summed E-state index contributed by atoms with van der Waals surface area (Å²) in [7, 11) is 0. The lowest BCUT2D eigenvalue weighted by atomic mass is 10.1. The largest absolute Gasteiger partial charge is 0.488 e. The molecule has 18 heavy (non-hydrogen) atoms. The summed E-state index contributed by atoms with van der Waals surface area (Å²) in [5, 5.41) is 9.01. The Hall–Kier alpha value is -1.79. The summed E-state index contributed by atoms with van der Waals surface area (Å²) in [6.45, 7) is 2.44. The molecule has 0 bridgehead atoms. The molecule has 2 rings (SSSR count). The number of nitrogens with zero attached hydrogens (tertiary/aromatic N) is 1. The average molecular weight is 302 g/mol. The first-order chi connectivity index (χ1) is 8.69. The van der Waals surface area contributed by atoms with Gasteiger partial charge in [-0.1, -0.05) is 34.1 Å². The number of hydrogen-bond acceptors (Lipinski definition) is 2. The van der Waals surface area contributed by atoms with E-state index in [1.807, 2.05) is 43.3 Å². The smallest absolute Gasteiger partial charge is 0.137 e. The molecule has 3 heteroatoms. The lowest BCUT2D eigenvalue weighted by Gasteiger charge is -2.09. The summed E-state index contributed by atoms with van der Waals surface area (Å²) in [5.74, 6) is 0.637. The molecule has 2 nitrogen and oxygen atoms in total. The number of benzene rings is 2. The Morgan fingerprint density at radius 1 is 1.22 bits per heavy atom. The van der Waals surface area contributed by atoms with Gasteiger partial charge in [-0.3, -0.25) is 0 Å². The van der Waals surface area contributed by atoms with Crippen molar-refractivity contribution in [2.24, 2.45) is 0 Å². The number of rotatable bonds is 3. The van der Waals surface area contributed by atoms with E-state index in [-0.39, 0.29) is 0 Å². The molecule has 0 saturated heterocycles. The van der Waals surface area contributed by atoms with Crippen LogP contribution in [0.4, 0.5) is 0 Å². The van der Waals surface area contributed by atoms with E-state index in [4.69, 9.17) is 10.00 Å². The number of aryl methyl sites for hydroxylation is 1. The van der Waals surface area contributed by atoms with Gasteiger partial charge in [0.2, 0.25) is 0 Å². The highest BCUT2D eigenvalue weighted by molar-refractivity contribution is 9.10. The van der Waals surface area contributed by atoms with E-state index >= 15 is 0 Å². The van der Waals surface area contributed by atoms with Gasteiger partial charge in [0.25, 0.3) is 0 Å². The predicted octanol–water partition coefficient (Wildman–Crippen LogP) is 4.21.